The third kappa shape index (κ3) is 3.80. The standard InChI is InChI=1S/C11H22N2O2/c1-3-8(2)13-10(11(12)14)9-5-4-6-15-7-9/h8-10,13H,3-7H2,1-2H3,(H2,12,14). The molecule has 0 spiro atoms. The minimum atomic E-state index is -0.259. The normalized spacial score (nSPS) is 25.9. The maximum absolute atomic E-state index is 11.4. The molecule has 3 N–H and O–H groups in total. The van der Waals surface area contributed by atoms with Crippen molar-refractivity contribution in [1.29, 1.82) is 0 Å². The molecule has 1 aliphatic rings. The predicted molar refractivity (Wildman–Crippen MR) is 59.4 cm³/mol. The van der Waals surface area contributed by atoms with Crippen LogP contribution >= 0.6 is 0 Å². The minimum absolute atomic E-state index is 0.236. The molecule has 1 fully saturated rings. The summed E-state index contributed by atoms with van der Waals surface area (Å²) in [5, 5.41) is 3.28. The van der Waals surface area contributed by atoms with Crippen molar-refractivity contribution in [3.05, 3.63) is 0 Å². The van der Waals surface area contributed by atoms with Gasteiger partial charge >= 0.3 is 0 Å². The summed E-state index contributed by atoms with van der Waals surface area (Å²) in [5.41, 5.74) is 5.41. The van der Waals surface area contributed by atoms with E-state index >= 15 is 0 Å². The van der Waals surface area contributed by atoms with Crippen LogP contribution in [0, 0.1) is 5.92 Å². The second-order valence-electron chi connectivity index (χ2n) is 4.33. The minimum Gasteiger partial charge on any atom is -0.381 e. The number of primary amides is 1. The summed E-state index contributed by atoms with van der Waals surface area (Å²) in [4.78, 5) is 11.4. The van der Waals surface area contributed by atoms with Gasteiger partial charge < -0.3 is 15.8 Å². The van der Waals surface area contributed by atoms with Crippen LogP contribution in [0.2, 0.25) is 0 Å². The number of carbonyl (C=O) groups excluding carboxylic acids is 1. The van der Waals surface area contributed by atoms with Gasteiger partial charge in [0.05, 0.1) is 12.6 Å². The van der Waals surface area contributed by atoms with E-state index in [1.165, 1.54) is 0 Å². The molecule has 15 heavy (non-hydrogen) atoms. The van der Waals surface area contributed by atoms with Gasteiger partial charge in [0.25, 0.3) is 0 Å². The predicted octanol–water partition coefficient (Wildman–Crippen LogP) is 0.655. The van der Waals surface area contributed by atoms with E-state index in [2.05, 4.69) is 19.2 Å². The molecule has 0 saturated carbocycles. The molecule has 0 bridgehead atoms. The maximum atomic E-state index is 11.4. The van der Waals surface area contributed by atoms with Crippen molar-refractivity contribution < 1.29 is 9.53 Å². The highest BCUT2D eigenvalue weighted by Crippen LogP contribution is 2.18. The largest absolute Gasteiger partial charge is 0.381 e. The van der Waals surface area contributed by atoms with Crippen LogP contribution in [0.25, 0.3) is 0 Å². The smallest absolute Gasteiger partial charge is 0.234 e. The number of carbonyl (C=O) groups is 1. The van der Waals surface area contributed by atoms with Crippen molar-refractivity contribution in [3.63, 3.8) is 0 Å². The monoisotopic (exact) mass is 214 g/mol. The molecule has 0 radical (unpaired) electrons. The van der Waals surface area contributed by atoms with Gasteiger partial charge in [-0.2, -0.15) is 0 Å². The lowest BCUT2D eigenvalue weighted by molar-refractivity contribution is -0.123. The summed E-state index contributed by atoms with van der Waals surface area (Å²) in [6, 6.07) is 0.0877. The zero-order valence-electron chi connectivity index (χ0n) is 9.66. The van der Waals surface area contributed by atoms with Crippen molar-refractivity contribution in [2.75, 3.05) is 13.2 Å². The third-order valence-corrected chi connectivity index (χ3v) is 3.05. The maximum Gasteiger partial charge on any atom is 0.234 e. The lowest BCUT2D eigenvalue weighted by Gasteiger charge is -2.30. The average molecular weight is 214 g/mol. The first kappa shape index (κ1) is 12.5. The Bertz CT molecular complexity index is 203. The molecule has 1 aliphatic heterocycles. The quantitative estimate of drug-likeness (QED) is 0.706. The summed E-state index contributed by atoms with van der Waals surface area (Å²) in [7, 11) is 0. The van der Waals surface area contributed by atoms with Crippen LogP contribution in [-0.4, -0.2) is 31.2 Å². The Labute approximate surface area is 91.5 Å². The Morgan fingerprint density at radius 1 is 1.67 bits per heavy atom. The molecular weight excluding hydrogens is 192 g/mol. The Kier molecular flexibility index (Phi) is 5.05. The lowest BCUT2D eigenvalue weighted by atomic mass is 9.92. The van der Waals surface area contributed by atoms with E-state index in [4.69, 9.17) is 10.5 Å². The molecule has 4 nitrogen and oxygen atoms in total. The first-order valence-corrected chi connectivity index (χ1v) is 5.78. The number of nitrogens with one attached hydrogen (secondary N) is 1. The van der Waals surface area contributed by atoms with Crippen LogP contribution in [0.15, 0.2) is 0 Å². The van der Waals surface area contributed by atoms with Crippen LogP contribution in [-0.2, 0) is 9.53 Å². The molecule has 4 heteroatoms. The van der Waals surface area contributed by atoms with Gasteiger partial charge in [-0.3, -0.25) is 4.79 Å². The molecule has 1 rings (SSSR count). The Balaban J connectivity index is 2.51. The highest BCUT2D eigenvalue weighted by Gasteiger charge is 2.28. The number of ether oxygens (including phenoxy) is 1. The average Bonchev–Trinajstić information content (AvgIpc) is 2.26. The van der Waals surface area contributed by atoms with Crippen molar-refractivity contribution in [2.24, 2.45) is 11.7 Å². The van der Waals surface area contributed by atoms with E-state index in [1.54, 1.807) is 0 Å². The molecule has 0 aromatic carbocycles. The van der Waals surface area contributed by atoms with Gasteiger partial charge in [-0.05, 0) is 26.2 Å². The molecule has 0 aliphatic carbocycles. The highest BCUT2D eigenvalue weighted by atomic mass is 16.5. The van der Waals surface area contributed by atoms with E-state index in [9.17, 15) is 4.79 Å². The number of hydrogen-bond donors (Lipinski definition) is 2. The van der Waals surface area contributed by atoms with Gasteiger partial charge in [0.1, 0.15) is 0 Å². The Morgan fingerprint density at radius 2 is 2.40 bits per heavy atom. The van der Waals surface area contributed by atoms with Crippen molar-refractivity contribution >= 4 is 5.91 Å². The molecule has 1 amide bonds. The first-order valence-electron chi connectivity index (χ1n) is 5.78. The van der Waals surface area contributed by atoms with Crippen molar-refractivity contribution in [2.45, 2.75) is 45.2 Å². The van der Waals surface area contributed by atoms with E-state index in [1.807, 2.05) is 0 Å². The first-order chi connectivity index (χ1) is 7.15. The van der Waals surface area contributed by atoms with Crippen LogP contribution in [0.5, 0.6) is 0 Å². The summed E-state index contributed by atoms with van der Waals surface area (Å²) >= 11 is 0. The van der Waals surface area contributed by atoms with Crippen molar-refractivity contribution in [3.8, 4) is 0 Å². The molecule has 88 valence electrons. The second-order valence-corrected chi connectivity index (χ2v) is 4.33. The second kappa shape index (κ2) is 6.08. The van der Waals surface area contributed by atoms with Gasteiger partial charge in [0.2, 0.25) is 5.91 Å². The van der Waals surface area contributed by atoms with Crippen LogP contribution in [0.1, 0.15) is 33.1 Å². The molecule has 3 unspecified atom stereocenters. The van der Waals surface area contributed by atoms with Gasteiger partial charge in [0, 0.05) is 18.6 Å². The summed E-state index contributed by atoms with van der Waals surface area (Å²) in [6.07, 6.45) is 3.05. The SMILES string of the molecule is CCC(C)NC(C(N)=O)C1CCCOC1. The van der Waals surface area contributed by atoms with Crippen LogP contribution < -0.4 is 11.1 Å². The third-order valence-electron chi connectivity index (χ3n) is 3.05. The molecule has 1 saturated heterocycles. The molecule has 0 aromatic heterocycles. The van der Waals surface area contributed by atoms with E-state index in [0.29, 0.717) is 12.6 Å². The zero-order valence-corrected chi connectivity index (χ0v) is 9.66. The van der Waals surface area contributed by atoms with E-state index in [-0.39, 0.29) is 17.9 Å². The number of amides is 1. The van der Waals surface area contributed by atoms with Crippen molar-refractivity contribution in [1.82, 2.24) is 5.32 Å². The van der Waals surface area contributed by atoms with Crippen LogP contribution in [0.3, 0.4) is 0 Å². The fourth-order valence-corrected chi connectivity index (χ4v) is 1.90. The topological polar surface area (TPSA) is 64.3 Å². The fraction of sp³-hybridized carbons (Fsp3) is 0.909. The van der Waals surface area contributed by atoms with Gasteiger partial charge in [-0.25, -0.2) is 0 Å². The lowest BCUT2D eigenvalue weighted by Crippen LogP contribution is -2.51. The highest BCUT2D eigenvalue weighted by molar-refractivity contribution is 5.80. The molecule has 3 atom stereocenters. The number of hydrogen-bond acceptors (Lipinski definition) is 3. The number of nitrogens with two attached hydrogens (primary N) is 1. The molecular formula is C11H22N2O2. The fourth-order valence-electron chi connectivity index (χ4n) is 1.90. The number of rotatable bonds is 5. The zero-order chi connectivity index (χ0) is 11.3. The van der Waals surface area contributed by atoms with Crippen LogP contribution in [0.4, 0.5) is 0 Å². The molecule has 1 heterocycles. The van der Waals surface area contributed by atoms with Gasteiger partial charge in [-0.15, -0.1) is 0 Å². The summed E-state index contributed by atoms with van der Waals surface area (Å²) < 4.78 is 5.38. The Morgan fingerprint density at radius 3 is 2.87 bits per heavy atom. The van der Waals surface area contributed by atoms with E-state index in [0.717, 1.165) is 25.9 Å². The summed E-state index contributed by atoms with van der Waals surface area (Å²) in [6.45, 7) is 5.62. The summed E-state index contributed by atoms with van der Waals surface area (Å²) in [5.74, 6) is -0.0175. The molecule has 0 aromatic rings. The Hall–Kier alpha value is -0.610. The van der Waals surface area contributed by atoms with E-state index < -0.39 is 0 Å². The van der Waals surface area contributed by atoms with Gasteiger partial charge in [-0.1, -0.05) is 6.92 Å². The van der Waals surface area contributed by atoms with Gasteiger partial charge in [0.15, 0.2) is 0 Å².